The van der Waals surface area contributed by atoms with E-state index < -0.39 is 108 Å². The minimum absolute atomic E-state index is 0.0485. The number of rotatable bonds is 21. The Morgan fingerprint density at radius 1 is 0.384 bits per heavy atom. The number of nitro groups is 1. The van der Waals surface area contributed by atoms with Crippen molar-refractivity contribution in [3.8, 4) is 11.5 Å². The molecule has 0 bridgehead atoms. The first-order valence-electron chi connectivity index (χ1n) is 29.9. The summed E-state index contributed by atoms with van der Waals surface area (Å²) in [7, 11) is 12.8. The monoisotopic (exact) mass is 1650 g/mol. The van der Waals surface area contributed by atoms with Gasteiger partial charge < -0.3 is 57.2 Å². The van der Waals surface area contributed by atoms with Crippen molar-refractivity contribution in [3.05, 3.63) is 171 Å². The average Bonchev–Trinajstić information content (AvgIpc) is 0.700. The third kappa shape index (κ3) is 32.4. The van der Waals surface area contributed by atoms with E-state index in [4.69, 9.17) is 14.6 Å². The Kier molecular flexibility index (Phi) is 45.8. The molecule has 0 aromatic heterocycles. The van der Waals surface area contributed by atoms with Gasteiger partial charge in [0.2, 0.25) is 0 Å². The van der Waals surface area contributed by atoms with Gasteiger partial charge in [-0.3, -0.25) is 24.5 Å². The molecule has 0 fully saturated rings. The zero-order chi connectivity index (χ0) is 88.6. The molecule has 0 aliphatic rings. The van der Waals surface area contributed by atoms with Crippen molar-refractivity contribution in [2.45, 2.75) is 113 Å². The Balaban J connectivity index is -0.000000604. The Labute approximate surface area is 624 Å². The topological polar surface area (TPSA) is 319 Å². The summed E-state index contributed by atoms with van der Waals surface area (Å²) in [6.07, 6.45) is -0.331. The number of nitrogens with zero attached hydrogens (tertiary/aromatic N) is 1. The quantitative estimate of drug-likeness (QED) is 0.0234. The van der Waals surface area contributed by atoms with Gasteiger partial charge in [-0.1, -0.05) is 60.2 Å². The smallest absolute Gasteiger partial charge is 0.410 e. The van der Waals surface area contributed by atoms with E-state index in [1.54, 1.807) is 62.8 Å². The number of ether oxygens (including phenoxy) is 11. The van der Waals surface area contributed by atoms with Crippen LogP contribution in [0.2, 0.25) is 0 Å². The molecule has 630 valence electrons. The predicted octanol–water partition coefficient (Wildman–Crippen LogP) is 13.9. The van der Waals surface area contributed by atoms with Crippen molar-refractivity contribution >= 4 is 59.4 Å². The molecule has 5 aromatic carbocycles. The molecule has 112 heavy (non-hydrogen) atoms. The van der Waals surface area contributed by atoms with Crippen molar-refractivity contribution in [2.75, 3.05) is 78.2 Å². The summed E-state index contributed by atoms with van der Waals surface area (Å²) in [5, 5.41) is 18.6. The van der Waals surface area contributed by atoms with Crippen molar-refractivity contribution in [1.82, 2.24) is 0 Å². The molecule has 0 spiro atoms. The van der Waals surface area contributed by atoms with E-state index in [0.29, 0.717) is 36.6 Å². The van der Waals surface area contributed by atoms with Crippen molar-refractivity contribution in [1.29, 1.82) is 0 Å². The van der Waals surface area contributed by atoms with Gasteiger partial charge in [0.1, 0.15) is 17.6 Å². The number of benzene rings is 5. The fourth-order valence-corrected chi connectivity index (χ4v) is 6.32. The highest BCUT2D eigenvalue weighted by molar-refractivity contribution is 5.90. The molecule has 44 heteroatoms. The van der Waals surface area contributed by atoms with Crippen molar-refractivity contribution in [2.24, 2.45) is 0 Å². The Hall–Kier alpha value is -11.1. The molecule has 1 unspecified atom stereocenters. The normalized spacial score (nSPS) is 11.5. The first-order chi connectivity index (χ1) is 51.2. The number of aryl methyl sites for hydroxylation is 1. The minimum atomic E-state index is -8.18. The largest absolute Gasteiger partial charge is 0.497 e. The van der Waals surface area contributed by atoms with Crippen LogP contribution < -0.4 is 9.47 Å². The summed E-state index contributed by atoms with van der Waals surface area (Å²) in [5.74, 6) is -76.1. The van der Waals surface area contributed by atoms with Crippen LogP contribution in [0.1, 0.15) is 75.5 Å². The van der Waals surface area contributed by atoms with Crippen LogP contribution in [-0.2, 0) is 84.2 Å². The number of methoxy groups -OCH3 is 11. The van der Waals surface area contributed by atoms with Crippen molar-refractivity contribution in [3.63, 3.8) is 0 Å². The summed E-state index contributed by atoms with van der Waals surface area (Å²) in [6, 6.07) is 36.0. The lowest BCUT2D eigenvalue weighted by molar-refractivity contribution is -0.437. The lowest BCUT2D eigenvalue weighted by atomic mass is 9.89. The molecule has 0 radical (unpaired) electrons. The van der Waals surface area contributed by atoms with E-state index in [1.807, 2.05) is 61.5 Å². The number of hydrogen-bond acceptors (Lipinski definition) is 23. The van der Waals surface area contributed by atoms with Gasteiger partial charge in [-0.2, -0.15) is 87.8 Å². The second-order valence-electron chi connectivity index (χ2n) is 21.0. The third-order valence-corrected chi connectivity index (χ3v) is 12.8. The van der Waals surface area contributed by atoms with E-state index in [2.05, 4.69) is 42.6 Å². The molecule has 0 aliphatic heterocycles. The van der Waals surface area contributed by atoms with E-state index in [9.17, 15) is 141 Å². The number of alkyl halides is 20. The van der Waals surface area contributed by atoms with E-state index in [-0.39, 0.29) is 42.6 Å². The predicted molar refractivity (Wildman–Crippen MR) is 348 cm³/mol. The van der Waals surface area contributed by atoms with Gasteiger partial charge in [0, 0.05) is 32.9 Å². The highest BCUT2D eigenvalue weighted by atomic mass is 19.4. The van der Waals surface area contributed by atoms with Crippen molar-refractivity contribution < 1.29 is 193 Å². The molecule has 0 aliphatic carbocycles. The molecular weight excluding hydrogens is 1580 g/mol. The Bertz CT molecular complexity index is 3730. The molecule has 0 amide bonds. The molecular formula is C68H75F20NO23. The van der Waals surface area contributed by atoms with Crippen LogP contribution in [0.5, 0.6) is 11.5 Å². The zero-order valence-corrected chi connectivity index (χ0v) is 61.6. The van der Waals surface area contributed by atoms with Crippen LogP contribution in [-0.4, -0.2) is 207 Å². The number of carbonyl (C=O) groups is 9. The highest BCUT2D eigenvalue weighted by Crippen LogP contribution is 2.62. The lowest BCUT2D eigenvalue weighted by Gasteiger charge is -2.41. The molecule has 0 heterocycles. The van der Waals surface area contributed by atoms with Crippen LogP contribution in [0.15, 0.2) is 127 Å². The number of halogens is 20. The van der Waals surface area contributed by atoms with Gasteiger partial charge in [0.25, 0.3) is 5.69 Å². The highest BCUT2D eigenvalue weighted by Gasteiger charge is 2.93. The number of carbonyl (C=O) groups excluding carboxylic acids is 9. The first-order valence-corrected chi connectivity index (χ1v) is 29.9. The van der Waals surface area contributed by atoms with Gasteiger partial charge in [-0.25, -0.2) is 28.8 Å². The number of nitro benzene ring substituents is 1. The molecule has 0 saturated carbocycles. The fraction of sp³-hybridized carbons (Fsp3) is 0.426. The lowest BCUT2D eigenvalue weighted by Crippen LogP contribution is -2.73. The number of aliphatic hydroxyl groups is 1. The Morgan fingerprint density at radius 3 is 0.929 bits per heavy atom. The average molecular weight is 1650 g/mol. The third-order valence-electron chi connectivity index (χ3n) is 12.8. The fourth-order valence-electron chi connectivity index (χ4n) is 6.32. The molecule has 1 N–H and O–H groups in total. The summed E-state index contributed by atoms with van der Waals surface area (Å²) < 4.78 is 301. The van der Waals surface area contributed by atoms with Gasteiger partial charge in [-0.05, 0) is 85.6 Å². The summed E-state index contributed by atoms with van der Waals surface area (Å²) in [5.41, 5.74) is 4.48. The van der Waals surface area contributed by atoms with Crippen LogP contribution in [0.25, 0.3) is 0 Å². The number of aliphatic hydroxyl groups excluding tert-OH is 1. The SMILES string of the molecule is COC(=O)C(C)O.COC(=O)C(F)(F)C(F)(F)C(C)(F)F.COC(=O)C(F)(F)C(F)(F)C(F)(F)C(F)(F)C(F)(F)C(F)(F)C(C)(F)F.COC(=O)Cc1ccc(C)cc1.COC(=O)Cc1ccc(OC)cc1.COC(=O)c1ccc(OC)cc1.COC(=O)c1ccc([N+](=O)[O-])cc1.COC(=O)c1ccccc1.COC(C)=O. The van der Waals surface area contributed by atoms with E-state index in [0.717, 1.165) is 22.6 Å². The summed E-state index contributed by atoms with van der Waals surface area (Å²) in [4.78, 5) is 104. The van der Waals surface area contributed by atoms with Crippen LogP contribution >= 0.6 is 0 Å². The molecule has 24 nitrogen and oxygen atoms in total. The maximum atomic E-state index is 13.1. The number of hydrogen-bond donors (Lipinski definition) is 1. The molecule has 1 atom stereocenters. The minimum Gasteiger partial charge on any atom is -0.497 e. The van der Waals surface area contributed by atoms with Crippen LogP contribution in [0.4, 0.5) is 93.5 Å². The standard InChI is InChI=1S/C10H6F14O2.C10H12O3.C10H12O2.C9H10O3.C8H7NO4.C8H8O2.C6H6F6O2.C4H8O3.C3H6O2/c1-4(11,12)6(15,16)8(19,20)10(23,24)9(21,22)7(17,18)5(13,14)3(25)26-2;1-12-9-5-3-8(4-6-9)7-10(11)13-2;1-8-3-5-9(6-4-8)7-10(11)12-2;1-11-8-5-3-7(4-6-8)9(10)12-2;1-13-8(10)6-2-4-7(5-3-6)9(11)12;1-10-8(9)7-5-3-2-4-6-7;1-4(7,8)6(11,12)5(9,10)3(13)14-2;1-3(5)4(6)7-2;1-3(4)5-2/h1-2H3;3-6H,7H2,1-2H3;3-6H,7H2,1-2H3;3-6H,1-2H3;2-5H,1H3;2-6H,1H3;1-2H3;3,5H,1-2H3;1-2H3. The van der Waals surface area contributed by atoms with Gasteiger partial charge in [0.05, 0.1) is 113 Å². The van der Waals surface area contributed by atoms with Gasteiger partial charge in [0.15, 0.2) is 0 Å². The molecule has 5 rings (SSSR count). The number of esters is 9. The Morgan fingerprint density at radius 2 is 0.670 bits per heavy atom. The van der Waals surface area contributed by atoms with Gasteiger partial charge >= 0.3 is 113 Å². The zero-order valence-electron chi connectivity index (χ0n) is 61.6. The maximum absolute atomic E-state index is 13.1. The molecule has 0 saturated heterocycles. The first kappa shape index (κ1) is 107. The van der Waals surface area contributed by atoms with Crippen LogP contribution in [0.3, 0.4) is 0 Å². The molecule has 5 aromatic rings. The maximum Gasteiger partial charge on any atom is 0.410 e. The second-order valence-corrected chi connectivity index (χ2v) is 21.0. The van der Waals surface area contributed by atoms with E-state index in [1.165, 1.54) is 93.4 Å². The van der Waals surface area contributed by atoms with Gasteiger partial charge in [-0.15, -0.1) is 0 Å². The second kappa shape index (κ2) is 47.8. The summed E-state index contributed by atoms with van der Waals surface area (Å²) >= 11 is 0. The number of non-ortho nitro benzene ring substituents is 1. The summed E-state index contributed by atoms with van der Waals surface area (Å²) in [6.45, 7) is 3.17. The van der Waals surface area contributed by atoms with E-state index >= 15 is 0 Å². The van der Waals surface area contributed by atoms with Crippen LogP contribution in [0, 0.1) is 17.0 Å².